The zero-order valence-electron chi connectivity index (χ0n) is 11.7. The number of hydrogen-bond donors (Lipinski definition) is 0. The van der Waals surface area contributed by atoms with E-state index in [0.717, 1.165) is 12.1 Å². The number of nitro benzene ring substituents is 1. The van der Waals surface area contributed by atoms with E-state index in [1.807, 2.05) is 0 Å². The third kappa shape index (κ3) is 4.01. The number of carbonyl (C=O) groups excluding carboxylic acids is 1. The Kier molecular flexibility index (Phi) is 4.87. The summed E-state index contributed by atoms with van der Waals surface area (Å²) in [4.78, 5) is 19.8. The Morgan fingerprint density at radius 3 is 2.30 bits per heavy atom. The van der Waals surface area contributed by atoms with E-state index in [0.29, 0.717) is 11.8 Å². The van der Waals surface area contributed by atoms with Gasteiger partial charge in [-0.15, -0.1) is 0 Å². The number of nitrogens with zero attached hydrogens (tertiary/aromatic N) is 1. The Balaban J connectivity index is 2.30. The van der Waals surface area contributed by atoms with Crippen LogP contribution in [0.5, 0.6) is 5.75 Å². The van der Waals surface area contributed by atoms with Crippen molar-refractivity contribution >= 4 is 28.2 Å². The van der Waals surface area contributed by atoms with Gasteiger partial charge >= 0.3 is 10.1 Å². The average Bonchev–Trinajstić information content (AvgIpc) is 2.54. The molecule has 8 heteroatoms. The zero-order valence-corrected chi connectivity index (χ0v) is 12.5. The number of nitro groups is 1. The topological polar surface area (TPSA) is 104 Å². The number of aldehydes is 1. The van der Waals surface area contributed by atoms with Crippen LogP contribution in [0.4, 0.5) is 5.69 Å². The van der Waals surface area contributed by atoms with Crippen molar-refractivity contribution in [3.8, 4) is 5.75 Å². The maximum absolute atomic E-state index is 12.2. The second-order valence-electron chi connectivity index (χ2n) is 4.33. The smallest absolute Gasteiger partial charge is 0.346 e. The molecule has 0 aliphatic heterocycles. The lowest BCUT2D eigenvalue weighted by Gasteiger charge is -2.07. The van der Waals surface area contributed by atoms with Crippen LogP contribution in [0.15, 0.2) is 59.5 Å². The molecule has 0 spiro atoms. The minimum absolute atomic E-state index is 0.00593. The van der Waals surface area contributed by atoms with Crippen LogP contribution in [0.1, 0.15) is 5.56 Å². The highest BCUT2D eigenvalue weighted by Crippen LogP contribution is 2.26. The molecule has 0 radical (unpaired) electrons. The van der Waals surface area contributed by atoms with Crippen LogP contribution in [-0.2, 0) is 14.9 Å². The summed E-state index contributed by atoms with van der Waals surface area (Å²) >= 11 is 0. The molecule has 0 amide bonds. The van der Waals surface area contributed by atoms with Gasteiger partial charge in [0.1, 0.15) is 12.0 Å². The monoisotopic (exact) mass is 333 g/mol. The predicted molar refractivity (Wildman–Crippen MR) is 82.5 cm³/mol. The second-order valence-corrected chi connectivity index (χ2v) is 5.84. The summed E-state index contributed by atoms with van der Waals surface area (Å²) < 4.78 is 29.3. The van der Waals surface area contributed by atoms with E-state index < -0.39 is 25.6 Å². The Morgan fingerprint density at radius 2 is 1.70 bits per heavy atom. The number of allylic oxidation sites excluding steroid dienone is 1. The van der Waals surface area contributed by atoms with Crippen LogP contribution in [0.2, 0.25) is 0 Å². The fourth-order valence-electron chi connectivity index (χ4n) is 1.78. The molecule has 0 bridgehead atoms. The summed E-state index contributed by atoms with van der Waals surface area (Å²) in [5, 5.41) is 10.9. The molecule has 0 heterocycles. The van der Waals surface area contributed by atoms with Crippen LogP contribution in [0.3, 0.4) is 0 Å². The molecule has 2 aromatic carbocycles. The Hall–Kier alpha value is -3.00. The summed E-state index contributed by atoms with van der Waals surface area (Å²) in [5.41, 5.74) is 0.116. The van der Waals surface area contributed by atoms with Crippen molar-refractivity contribution in [1.29, 1.82) is 0 Å². The number of para-hydroxylation sites is 1. The lowest BCUT2D eigenvalue weighted by Crippen LogP contribution is -2.11. The first kappa shape index (κ1) is 16.4. The van der Waals surface area contributed by atoms with Gasteiger partial charge < -0.3 is 4.18 Å². The van der Waals surface area contributed by atoms with E-state index in [1.54, 1.807) is 12.1 Å². The maximum Gasteiger partial charge on any atom is 0.346 e. The van der Waals surface area contributed by atoms with Crippen molar-refractivity contribution in [2.45, 2.75) is 4.90 Å². The van der Waals surface area contributed by atoms with Crippen molar-refractivity contribution in [2.75, 3.05) is 0 Å². The molecule has 0 saturated carbocycles. The molecule has 0 unspecified atom stereocenters. The molecule has 0 fully saturated rings. The lowest BCUT2D eigenvalue weighted by molar-refractivity contribution is -0.387. The average molecular weight is 333 g/mol. The molecule has 0 saturated heterocycles. The summed E-state index contributed by atoms with van der Waals surface area (Å²) in [5.74, 6) is 0.00593. The number of hydrogen-bond acceptors (Lipinski definition) is 6. The third-order valence-electron chi connectivity index (χ3n) is 2.78. The van der Waals surface area contributed by atoms with Crippen LogP contribution >= 0.6 is 0 Å². The van der Waals surface area contributed by atoms with Crippen LogP contribution in [0.25, 0.3) is 6.08 Å². The van der Waals surface area contributed by atoms with E-state index in [9.17, 15) is 23.3 Å². The van der Waals surface area contributed by atoms with Gasteiger partial charge in [-0.05, 0) is 29.8 Å². The molecule has 118 valence electrons. The van der Waals surface area contributed by atoms with Crippen LogP contribution in [-0.4, -0.2) is 19.6 Å². The normalized spacial score (nSPS) is 11.3. The van der Waals surface area contributed by atoms with Gasteiger partial charge in [-0.25, -0.2) is 0 Å². The number of rotatable bonds is 6. The Bertz CT molecular complexity index is 856. The number of carbonyl (C=O) groups is 1. The molecule has 0 aliphatic carbocycles. The van der Waals surface area contributed by atoms with E-state index in [-0.39, 0.29) is 5.75 Å². The largest absolute Gasteiger partial charge is 0.379 e. The molecule has 0 atom stereocenters. The van der Waals surface area contributed by atoms with E-state index >= 15 is 0 Å². The predicted octanol–water partition coefficient (Wildman–Crippen LogP) is 2.57. The van der Waals surface area contributed by atoms with Crippen LogP contribution in [0, 0.1) is 10.1 Å². The molecule has 2 rings (SSSR count). The minimum Gasteiger partial charge on any atom is -0.379 e. The molecular weight excluding hydrogens is 322 g/mol. The lowest BCUT2D eigenvalue weighted by atomic mass is 10.2. The first-order chi connectivity index (χ1) is 10.9. The van der Waals surface area contributed by atoms with Crippen molar-refractivity contribution in [2.24, 2.45) is 0 Å². The van der Waals surface area contributed by atoms with Gasteiger partial charge in [0.15, 0.2) is 4.90 Å². The third-order valence-corrected chi connectivity index (χ3v) is 4.08. The molecular formula is C15H11NO6S. The van der Waals surface area contributed by atoms with Gasteiger partial charge in [-0.2, -0.15) is 8.42 Å². The minimum atomic E-state index is -4.33. The van der Waals surface area contributed by atoms with E-state index in [4.69, 9.17) is 4.18 Å². The SMILES string of the molecule is O=C/C=C/c1ccc(OS(=O)(=O)c2ccccc2[N+](=O)[O-])cc1. The standard InChI is InChI=1S/C15H11NO6S/c17-11-3-4-12-7-9-13(10-8-12)22-23(20,21)15-6-2-1-5-14(15)16(18)19/h1-11H/b4-3+. The van der Waals surface area contributed by atoms with Crippen molar-refractivity contribution in [3.63, 3.8) is 0 Å². The summed E-state index contributed by atoms with van der Waals surface area (Å²) in [6, 6.07) is 10.8. The van der Waals surface area contributed by atoms with Gasteiger partial charge in [0.25, 0.3) is 5.69 Å². The van der Waals surface area contributed by atoms with Crippen molar-refractivity contribution in [3.05, 3.63) is 70.3 Å². The fourth-order valence-corrected chi connectivity index (χ4v) is 2.87. The molecule has 7 nitrogen and oxygen atoms in total. The molecule has 23 heavy (non-hydrogen) atoms. The van der Waals surface area contributed by atoms with E-state index in [1.165, 1.54) is 36.4 Å². The van der Waals surface area contributed by atoms with Gasteiger partial charge in [0, 0.05) is 6.07 Å². The van der Waals surface area contributed by atoms with Crippen molar-refractivity contribution in [1.82, 2.24) is 0 Å². The van der Waals surface area contributed by atoms with Gasteiger partial charge in [0.2, 0.25) is 0 Å². The van der Waals surface area contributed by atoms with Crippen molar-refractivity contribution < 1.29 is 22.3 Å². The van der Waals surface area contributed by atoms with Gasteiger partial charge in [-0.1, -0.05) is 30.3 Å². The molecule has 2 aromatic rings. The summed E-state index contributed by atoms with van der Waals surface area (Å²) in [6.07, 6.45) is 3.44. The van der Waals surface area contributed by atoms with Gasteiger partial charge in [0.05, 0.1) is 4.92 Å². The highest BCUT2D eigenvalue weighted by Gasteiger charge is 2.27. The molecule has 0 aromatic heterocycles. The summed E-state index contributed by atoms with van der Waals surface area (Å²) in [7, 11) is -4.33. The molecule has 0 N–H and O–H groups in total. The summed E-state index contributed by atoms with van der Waals surface area (Å²) in [6.45, 7) is 0. The second kappa shape index (κ2) is 6.84. The Labute approximate surface area is 132 Å². The zero-order chi connectivity index (χ0) is 16.9. The quantitative estimate of drug-likeness (QED) is 0.264. The fraction of sp³-hybridized carbons (Fsp3) is 0. The van der Waals surface area contributed by atoms with Gasteiger partial charge in [-0.3, -0.25) is 14.9 Å². The van der Waals surface area contributed by atoms with E-state index in [2.05, 4.69) is 0 Å². The maximum atomic E-state index is 12.2. The molecule has 0 aliphatic rings. The Morgan fingerprint density at radius 1 is 1.04 bits per heavy atom. The number of benzene rings is 2. The highest BCUT2D eigenvalue weighted by atomic mass is 32.2. The first-order valence-electron chi connectivity index (χ1n) is 6.34. The first-order valence-corrected chi connectivity index (χ1v) is 7.75. The van der Waals surface area contributed by atoms with Crippen LogP contribution < -0.4 is 4.18 Å². The highest BCUT2D eigenvalue weighted by molar-refractivity contribution is 7.87.